The van der Waals surface area contributed by atoms with Gasteiger partial charge in [0.1, 0.15) is 29.2 Å². The van der Waals surface area contributed by atoms with Crippen molar-refractivity contribution in [3.05, 3.63) is 55.5 Å². The van der Waals surface area contributed by atoms with E-state index in [1.165, 1.54) is 19.1 Å². The van der Waals surface area contributed by atoms with Gasteiger partial charge in [0.2, 0.25) is 0 Å². The molecule has 4 rings (SSSR count). The molecule has 0 aromatic heterocycles. The number of amides is 1. The van der Waals surface area contributed by atoms with Crippen LogP contribution in [0.5, 0.6) is 11.5 Å². The number of hydrogen-bond donors (Lipinski definition) is 1. The van der Waals surface area contributed by atoms with Crippen molar-refractivity contribution in [3.63, 3.8) is 0 Å². The van der Waals surface area contributed by atoms with Crippen molar-refractivity contribution in [2.24, 2.45) is 0 Å². The van der Waals surface area contributed by atoms with Crippen LogP contribution in [0.1, 0.15) is 43.0 Å². The number of fused-ring (bicyclic) bond motifs is 2. The highest BCUT2D eigenvalue weighted by molar-refractivity contribution is 9.10. The minimum absolute atomic E-state index is 0. The molecule has 1 amide bonds. The van der Waals surface area contributed by atoms with Crippen molar-refractivity contribution in [2.45, 2.75) is 64.4 Å². The van der Waals surface area contributed by atoms with E-state index in [1.807, 2.05) is 24.3 Å². The summed E-state index contributed by atoms with van der Waals surface area (Å²) in [4.78, 5) is 37.7. The molecule has 2 heterocycles. The maximum absolute atomic E-state index is 12.6. The second-order valence-electron chi connectivity index (χ2n) is 10.4. The van der Waals surface area contributed by atoms with E-state index in [1.54, 1.807) is 35.0 Å². The van der Waals surface area contributed by atoms with Gasteiger partial charge in [0.25, 0.3) is 0 Å². The first-order valence-corrected chi connectivity index (χ1v) is 14.5. The smallest absolute Gasteiger partial charge is 0.411 e. The van der Waals surface area contributed by atoms with Crippen LogP contribution >= 0.6 is 44.3 Å². The molecule has 0 spiro atoms. The number of methoxy groups -OCH3 is 4. The second kappa shape index (κ2) is 15.3. The van der Waals surface area contributed by atoms with Gasteiger partial charge in [0.15, 0.2) is 0 Å². The molecule has 2 atom stereocenters. The lowest BCUT2D eigenvalue weighted by Gasteiger charge is -2.37. The van der Waals surface area contributed by atoms with E-state index in [2.05, 4.69) is 37.2 Å². The van der Waals surface area contributed by atoms with Crippen LogP contribution in [0.15, 0.2) is 33.2 Å². The highest BCUT2D eigenvalue weighted by Gasteiger charge is 2.39. The third kappa shape index (κ3) is 8.30. The van der Waals surface area contributed by atoms with Gasteiger partial charge in [-0.1, -0.05) is 31.9 Å². The summed E-state index contributed by atoms with van der Waals surface area (Å²) in [7, 11) is 5.94. The zero-order valence-corrected chi connectivity index (χ0v) is 28.7. The first kappa shape index (κ1) is 35.7. The predicted molar refractivity (Wildman–Crippen MR) is 166 cm³/mol. The van der Waals surface area contributed by atoms with Crippen LogP contribution in [0, 0.1) is 0 Å². The van der Waals surface area contributed by atoms with E-state index in [0.717, 1.165) is 36.9 Å². The topological polar surface area (TPSA) is 113 Å². The Morgan fingerprint density at radius 1 is 0.810 bits per heavy atom. The average molecular weight is 737 g/mol. The number of esters is 2. The highest BCUT2D eigenvalue weighted by atomic mass is 79.9. The van der Waals surface area contributed by atoms with Crippen molar-refractivity contribution < 1.29 is 38.1 Å². The fourth-order valence-electron chi connectivity index (χ4n) is 4.73. The molecule has 0 saturated heterocycles. The van der Waals surface area contributed by atoms with E-state index in [4.69, 9.17) is 23.7 Å². The van der Waals surface area contributed by atoms with Crippen molar-refractivity contribution in [1.29, 1.82) is 0 Å². The molecule has 232 valence electrons. The van der Waals surface area contributed by atoms with Gasteiger partial charge in [-0.05, 0) is 56.2 Å². The Bertz CT molecular complexity index is 1300. The molecule has 42 heavy (non-hydrogen) atoms. The van der Waals surface area contributed by atoms with Crippen molar-refractivity contribution in [1.82, 2.24) is 10.2 Å². The number of carbonyl (C=O) groups excluding carboxylic acids is 3. The van der Waals surface area contributed by atoms with E-state index in [0.29, 0.717) is 25.1 Å². The summed E-state index contributed by atoms with van der Waals surface area (Å²) in [6, 6.07) is 6.54. The predicted octanol–water partition coefficient (Wildman–Crippen LogP) is 5.36. The molecule has 0 bridgehead atoms. The van der Waals surface area contributed by atoms with Gasteiger partial charge in [0, 0.05) is 39.5 Å². The molecule has 10 nitrogen and oxygen atoms in total. The van der Waals surface area contributed by atoms with Crippen LogP contribution in [0.3, 0.4) is 0 Å². The molecule has 2 aromatic carbocycles. The molecule has 2 aromatic rings. The van der Waals surface area contributed by atoms with Gasteiger partial charge < -0.3 is 23.7 Å². The summed E-state index contributed by atoms with van der Waals surface area (Å²) in [6.07, 6.45) is 0.393. The van der Waals surface area contributed by atoms with E-state index in [-0.39, 0.29) is 31.0 Å². The van der Waals surface area contributed by atoms with Crippen LogP contribution in [0.2, 0.25) is 0 Å². The van der Waals surface area contributed by atoms with E-state index in [9.17, 15) is 14.4 Å². The molecule has 0 saturated carbocycles. The molecule has 0 aliphatic carbocycles. The minimum Gasteiger partial charge on any atom is -0.496 e. The Balaban J connectivity index is 0.000000302. The Morgan fingerprint density at radius 2 is 1.33 bits per heavy atom. The summed E-state index contributed by atoms with van der Waals surface area (Å²) in [5.74, 6) is 0.815. The van der Waals surface area contributed by atoms with E-state index >= 15 is 0 Å². The van der Waals surface area contributed by atoms with Crippen LogP contribution < -0.4 is 14.8 Å². The summed E-state index contributed by atoms with van der Waals surface area (Å²) in [6.45, 7) is 6.18. The van der Waals surface area contributed by atoms with Crippen LogP contribution in [-0.2, 0) is 49.7 Å². The standard InChI is InChI=1S/C17H22BrNO5.C12H14BrNO3.ClH/c1-17(2,3)24-16(21)19-9-11-10(8-13(19)15(20)23-5)12(18)6-7-14(11)22-4;1-16-11-4-3-9(13)7-5-10(12(15)17-2)14-6-8(7)11;/h6-7,13H,8-9H2,1-5H3;3-4,10,14H,5-6H2,1-2H3;1H. The fraction of sp³-hybridized carbons (Fsp3) is 0.483. The van der Waals surface area contributed by atoms with Gasteiger partial charge in [-0.15, -0.1) is 12.4 Å². The Morgan fingerprint density at radius 3 is 1.83 bits per heavy atom. The summed E-state index contributed by atoms with van der Waals surface area (Å²) < 4.78 is 27.7. The molecule has 0 radical (unpaired) electrons. The van der Waals surface area contributed by atoms with Crippen LogP contribution in [0.25, 0.3) is 0 Å². The fourth-order valence-corrected chi connectivity index (χ4v) is 5.80. The Kier molecular flexibility index (Phi) is 13.0. The number of ether oxygens (including phenoxy) is 5. The molecule has 1 N–H and O–H groups in total. The third-order valence-corrected chi connectivity index (χ3v) is 8.21. The third-order valence-electron chi connectivity index (χ3n) is 6.72. The number of hydrogen-bond acceptors (Lipinski definition) is 9. The van der Waals surface area contributed by atoms with Gasteiger partial charge in [-0.2, -0.15) is 0 Å². The minimum atomic E-state index is -0.735. The molecule has 2 aliphatic rings. The molecule has 2 aliphatic heterocycles. The largest absolute Gasteiger partial charge is 0.496 e. The zero-order chi connectivity index (χ0) is 30.5. The number of nitrogens with one attached hydrogen (secondary N) is 1. The number of carbonyl (C=O) groups is 3. The summed E-state index contributed by atoms with van der Waals surface area (Å²) in [5, 5.41) is 3.15. The highest BCUT2D eigenvalue weighted by Crippen LogP contribution is 2.36. The number of rotatable bonds is 4. The lowest BCUT2D eigenvalue weighted by Crippen LogP contribution is -2.50. The SMILES string of the molecule is COC(=O)C1Cc2c(Br)ccc(OC)c2CN1.COC(=O)C1Cc2c(Br)ccc(OC)c2CN1C(=O)OC(C)(C)C.Cl. The normalized spacial score (nSPS) is 17.2. The second-order valence-corrected chi connectivity index (χ2v) is 12.1. The Hall–Kier alpha value is -2.54. The summed E-state index contributed by atoms with van der Waals surface area (Å²) in [5.41, 5.74) is 3.35. The quantitative estimate of drug-likeness (QED) is 0.328. The van der Waals surface area contributed by atoms with E-state index < -0.39 is 23.7 Å². The lowest BCUT2D eigenvalue weighted by molar-refractivity contribution is -0.147. The van der Waals surface area contributed by atoms with Crippen molar-refractivity contribution in [2.75, 3.05) is 28.4 Å². The van der Waals surface area contributed by atoms with Gasteiger partial charge in [-0.25, -0.2) is 9.59 Å². The Labute approximate surface area is 269 Å². The molecule has 2 unspecified atom stereocenters. The first-order chi connectivity index (χ1) is 19.3. The van der Waals surface area contributed by atoms with Crippen molar-refractivity contribution in [3.8, 4) is 11.5 Å². The van der Waals surface area contributed by atoms with Gasteiger partial charge >= 0.3 is 18.0 Å². The van der Waals surface area contributed by atoms with Gasteiger partial charge in [-0.3, -0.25) is 15.0 Å². The number of benzene rings is 2. The molecular weight excluding hydrogens is 700 g/mol. The molecule has 13 heteroatoms. The maximum atomic E-state index is 12.6. The van der Waals surface area contributed by atoms with Gasteiger partial charge in [0.05, 0.1) is 35.0 Å². The van der Waals surface area contributed by atoms with Crippen molar-refractivity contribution >= 4 is 62.3 Å². The lowest BCUT2D eigenvalue weighted by atomic mass is 9.93. The zero-order valence-electron chi connectivity index (χ0n) is 24.7. The monoisotopic (exact) mass is 734 g/mol. The van der Waals surface area contributed by atoms with Crippen LogP contribution in [0.4, 0.5) is 4.79 Å². The average Bonchev–Trinajstić information content (AvgIpc) is 2.95. The molecular formula is C29H37Br2ClN2O8. The molecule has 0 fully saturated rings. The maximum Gasteiger partial charge on any atom is 0.411 e. The first-order valence-electron chi connectivity index (χ1n) is 12.9. The number of halogens is 3. The summed E-state index contributed by atoms with van der Waals surface area (Å²) >= 11 is 7.02. The van der Waals surface area contributed by atoms with Crippen LogP contribution in [-0.4, -0.2) is 69.1 Å². The number of nitrogens with zero attached hydrogens (tertiary/aromatic N) is 1.